The Hall–Kier alpha value is -1.21. The second kappa shape index (κ2) is 3.46. The Kier molecular flexibility index (Phi) is 2.56. The average molecular weight is 227 g/mol. The zero-order chi connectivity index (χ0) is 9.14. The predicted octanol–water partition coefficient (Wildman–Crippen LogP) is 1.91. The van der Waals surface area contributed by atoms with Gasteiger partial charge in [-0.1, -0.05) is 0 Å². The molecule has 62 valence electrons. The van der Waals surface area contributed by atoms with Crippen LogP contribution in [-0.4, -0.2) is 7.11 Å². The van der Waals surface area contributed by atoms with Gasteiger partial charge in [0.05, 0.1) is 22.8 Å². The summed E-state index contributed by atoms with van der Waals surface area (Å²) in [4.78, 5) is 0. The molecule has 0 fully saturated rings. The third-order valence-electron chi connectivity index (χ3n) is 1.48. The molecule has 3 nitrogen and oxygen atoms in total. The molecule has 1 aromatic carbocycles. The lowest BCUT2D eigenvalue weighted by atomic mass is 10.2. The van der Waals surface area contributed by atoms with E-state index in [4.69, 9.17) is 15.7 Å². The highest BCUT2D eigenvalue weighted by Crippen LogP contribution is 2.32. The number of nitrogens with zero attached hydrogens (tertiary/aromatic N) is 1. The number of nitrogen functional groups attached to an aromatic ring is 1. The minimum Gasteiger partial charge on any atom is -0.495 e. The van der Waals surface area contributed by atoms with Crippen LogP contribution in [0.25, 0.3) is 0 Å². The Labute approximate surface area is 78.9 Å². The maximum atomic E-state index is 8.61. The average Bonchev–Trinajstić information content (AvgIpc) is 2.10. The zero-order valence-electron chi connectivity index (χ0n) is 6.47. The number of benzene rings is 1. The molecule has 0 aliphatic carbocycles. The smallest absolute Gasteiger partial charge is 0.135 e. The molecule has 1 aromatic rings. The van der Waals surface area contributed by atoms with Crippen molar-refractivity contribution in [3.63, 3.8) is 0 Å². The number of ether oxygens (including phenoxy) is 1. The largest absolute Gasteiger partial charge is 0.495 e. The summed E-state index contributed by atoms with van der Waals surface area (Å²) in [6.45, 7) is 0. The molecule has 0 aliphatic heterocycles. The molecule has 0 heterocycles. The molecule has 0 saturated heterocycles. The van der Waals surface area contributed by atoms with E-state index in [-0.39, 0.29) is 0 Å². The van der Waals surface area contributed by atoms with E-state index in [2.05, 4.69) is 15.9 Å². The highest BCUT2D eigenvalue weighted by molar-refractivity contribution is 9.10. The molecule has 2 N–H and O–H groups in total. The number of halogens is 1. The van der Waals surface area contributed by atoms with Crippen molar-refractivity contribution in [1.29, 1.82) is 5.26 Å². The van der Waals surface area contributed by atoms with Crippen LogP contribution in [0.2, 0.25) is 0 Å². The second-order valence-corrected chi connectivity index (χ2v) is 2.95. The van der Waals surface area contributed by atoms with Gasteiger partial charge in [0, 0.05) is 0 Å². The fourth-order valence-electron chi connectivity index (χ4n) is 0.828. The summed E-state index contributed by atoms with van der Waals surface area (Å²) < 4.78 is 5.62. The lowest BCUT2D eigenvalue weighted by Crippen LogP contribution is -1.94. The Balaban J connectivity index is 3.32. The summed E-state index contributed by atoms with van der Waals surface area (Å²) in [5.41, 5.74) is 6.48. The number of nitriles is 1. The number of hydrogen-bond acceptors (Lipinski definition) is 3. The van der Waals surface area contributed by atoms with E-state index in [1.807, 2.05) is 6.07 Å². The van der Waals surface area contributed by atoms with Crippen LogP contribution in [0, 0.1) is 11.3 Å². The van der Waals surface area contributed by atoms with Crippen molar-refractivity contribution in [3.8, 4) is 11.8 Å². The number of rotatable bonds is 1. The minimum atomic E-state index is 0.414. The quantitative estimate of drug-likeness (QED) is 0.745. The van der Waals surface area contributed by atoms with Crippen molar-refractivity contribution >= 4 is 21.6 Å². The van der Waals surface area contributed by atoms with Gasteiger partial charge in [-0.05, 0) is 28.1 Å². The van der Waals surface area contributed by atoms with E-state index in [9.17, 15) is 0 Å². The molecule has 0 amide bonds. The normalized spacial score (nSPS) is 9.08. The fraction of sp³-hybridized carbons (Fsp3) is 0.125. The maximum absolute atomic E-state index is 8.61. The topological polar surface area (TPSA) is 59.0 Å². The van der Waals surface area contributed by atoms with Gasteiger partial charge in [0.15, 0.2) is 0 Å². The van der Waals surface area contributed by atoms with Gasteiger partial charge < -0.3 is 10.5 Å². The second-order valence-electron chi connectivity index (χ2n) is 2.15. The van der Waals surface area contributed by atoms with E-state index in [0.717, 1.165) is 0 Å². The first-order valence-corrected chi connectivity index (χ1v) is 4.02. The van der Waals surface area contributed by atoms with Crippen LogP contribution in [0.15, 0.2) is 16.6 Å². The Bertz CT molecular complexity index is 344. The third kappa shape index (κ3) is 1.36. The fourth-order valence-corrected chi connectivity index (χ4v) is 1.34. The third-order valence-corrected chi connectivity index (χ3v) is 2.30. The van der Waals surface area contributed by atoms with Gasteiger partial charge in [0.2, 0.25) is 0 Å². The standard InChI is InChI=1S/C8H7BrN2O/c1-12-6-3-2-5(4-10)8(11)7(6)9/h2-3H,11H2,1H3. The van der Waals surface area contributed by atoms with E-state index in [0.29, 0.717) is 21.5 Å². The van der Waals surface area contributed by atoms with Gasteiger partial charge in [0.1, 0.15) is 11.8 Å². The van der Waals surface area contributed by atoms with Crippen molar-refractivity contribution in [2.75, 3.05) is 12.8 Å². The van der Waals surface area contributed by atoms with Crippen LogP contribution in [0.3, 0.4) is 0 Å². The van der Waals surface area contributed by atoms with Crippen LogP contribution < -0.4 is 10.5 Å². The molecule has 0 radical (unpaired) electrons. The van der Waals surface area contributed by atoms with Crippen molar-refractivity contribution in [2.24, 2.45) is 0 Å². The highest BCUT2D eigenvalue weighted by atomic mass is 79.9. The molecular formula is C8H7BrN2O. The monoisotopic (exact) mass is 226 g/mol. The lowest BCUT2D eigenvalue weighted by Gasteiger charge is -2.05. The maximum Gasteiger partial charge on any atom is 0.135 e. The van der Waals surface area contributed by atoms with Crippen molar-refractivity contribution in [2.45, 2.75) is 0 Å². The van der Waals surface area contributed by atoms with E-state index in [1.165, 1.54) is 0 Å². The molecular weight excluding hydrogens is 220 g/mol. The Morgan fingerprint density at radius 1 is 1.58 bits per heavy atom. The van der Waals surface area contributed by atoms with Crippen molar-refractivity contribution in [3.05, 3.63) is 22.2 Å². The lowest BCUT2D eigenvalue weighted by molar-refractivity contribution is 0.412. The first-order chi connectivity index (χ1) is 5.70. The van der Waals surface area contributed by atoms with Crippen LogP contribution in [0.1, 0.15) is 5.56 Å². The Morgan fingerprint density at radius 3 is 2.75 bits per heavy atom. The summed E-state index contributed by atoms with van der Waals surface area (Å²) in [6.07, 6.45) is 0. The molecule has 12 heavy (non-hydrogen) atoms. The number of methoxy groups -OCH3 is 1. The van der Waals surface area contributed by atoms with Crippen molar-refractivity contribution < 1.29 is 4.74 Å². The first kappa shape index (κ1) is 8.88. The molecule has 4 heteroatoms. The molecule has 0 spiro atoms. The van der Waals surface area contributed by atoms with Gasteiger partial charge >= 0.3 is 0 Å². The highest BCUT2D eigenvalue weighted by Gasteiger charge is 2.07. The van der Waals surface area contributed by atoms with Crippen LogP contribution in [0.4, 0.5) is 5.69 Å². The molecule has 0 unspecified atom stereocenters. The summed E-state index contributed by atoms with van der Waals surface area (Å²) in [7, 11) is 1.55. The molecule has 0 atom stereocenters. The van der Waals surface area contributed by atoms with Gasteiger partial charge in [-0.3, -0.25) is 0 Å². The summed E-state index contributed by atoms with van der Waals surface area (Å²) in [6, 6.07) is 5.29. The van der Waals surface area contributed by atoms with E-state index >= 15 is 0 Å². The summed E-state index contributed by atoms with van der Waals surface area (Å²) in [5.74, 6) is 0.631. The van der Waals surface area contributed by atoms with Crippen LogP contribution in [0.5, 0.6) is 5.75 Å². The molecule has 0 aliphatic rings. The van der Waals surface area contributed by atoms with Gasteiger partial charge in [-0.25, -0.2) is 0 Å². The molecule has 0 aromatic heterocycles. The molecule has 0 saturated carbocycles. The first-order valence-electron chi connectivity index (χ1n) is 3.22. The van der Waals surface area contributed by atoms with Gasteiger partial charge in [-0.15, -0.1) is 0 Å². The van der Waals surface area contributed by atoms with E-state index in [1.54, 1.807) is 19.2 Å². The minimum absolute atomic E-state index is 0.414. The van der Waals surface area contributed by atoms with Gasteiger partial charge in [0.25, 0.3) is 0 Å². The SMILES string of the molecule is COc1ccc(C#N)c(N)c1Br. The van der Waals surface area contributed by atoms with Crippen molar-refractivity contribution in [1.82, 2.24) is 0 Å². The summed E-state index contributed by atoms with van der Waals surface area (Å²) in [5, 5.41) is 8.61. The van der Waals surface area contributed by atoms with Crippen LogP contribution in [-0.2, 0) is 0 Å². The molecule has 1 rings (SSSR count). The summed E-state index contributed by atoms with van der Waals surface area (Å²) >= 11 is 3.23. The van der Waals surface area contributed by atoms with Crippen LogP contribution >= 0.6 is 15.9 Å². The number of hydrogen-bond donors (Lipinski definition) is 1. The molecule has 0 bridgehead atoms. The number of anilines is 1. The number of nitrogens with two attached hydrogens (primary N) is 1. The van der Waals surface area contributed by atoms with E-state index < -0.39 is 0 Å². The van der Waals surface area contributed by atoms with Gasteiger partial charge in [-0.2, -0.15) is 5.26 Å². The predicted molar refractivity (Wildman–Crippen MR) is 49.8 cm³/mol. The Morgan fingerprint density at radius 2 is 2.25 bits per heavy atom. The zero-order valence-corrected chi connectivity index (χ0v) is 8.05.